The number of thiophene rings is 1. The van der Waals surface area contributed by atoms with Crippen LogP contribution in [0.15, 0.2) is 11.4 Å². The quantitative estimate of drug-likeness (QED) is 0.677. The minimum absolute atomic E-state index is 0.439. The molecule has 0 bridgehead atoms. The van der Waals surface area contributed by atoms with Gasteiger partial charge in [0.1, 0.15) is 0 Å². The number of hydrogen-bond acceptors (Lipinski definition) is 2. The second-order valence-corrected chi connectivity index (χ2v) is 7.39. The summed E-state index contributed by atoms with van der Waals surface area (Å²) in [6.45, 7) is 5.83. The van der Waals surface area contributed by atoms with Gasteiger partial charge in [0.05, 0.1) is 0 Å². The molecule has 1 aliphatic rings. The third kappa shape index (κ3) is 1.74. The molecule has 3 heteroatoms. The fourth-order valence-electron chi connectivity index (χ4n) is 1.42. The van der Waals surface area contributed by atoms with Gasteiger partial charge in [0.2, 0.25) is 0 Å². The third-order valence-corrected chi connectivity index (χ3v) is 5.42. The molecule has 0 saturated carbocycles. The van der Waals surface area contributed by atoms with Crippen LogP contribution in [0.25, 0.3) is 0 Å². The Bertz CT molecular complexity index is 280. The first-order chi connectivity index (χ1) is 5.67. The van der Waals surface area contributed by atoms with Gasteiger partial charge in [-0.15, -0.1) is 0 Å². The normalized spacial score (nSPS) is 21.5. The van der Waals surface area contributed by atoms with E-state index in [1.165, 1.54) is 6.42 Å². The second kappa shape index (κ2) is 3.15. The molecule has 0 radical (unpaired) electrons. The van der Waals surface area contributed by atoms with Crippen molar-refractivity contribution in [2.75, 3.05) is 6.54 Å². The van der Waals surface area contributed by atoms with Gasteiger partial charge in [-0.25, -0.2) is 0 Å². The van der Waals surface area contributed by atoms with Gasteiger partial charge in [-0.1, -0.05) is 0 Å². The van der Waals surface area contributed by atoms with Crippen LogP contribution in [-0.4, -0.2) is 21.7 Å². The zero-order valence-corrected chi connectivity index (χ0v) is 9.91. The van der Waals surface area contributed by atoms with Crippen molar-refractivity contribution < 1.29 is 0 Å². The molecule has 2 heterocycles. The Kier molecular flexibility index (Phi) is 2.30. The molecule has 1 aromatic rings. The minimum atomic E-state index is 0.439. The average molecular weight is 246 g/mol. The average Bonchev–Trinajstić information content (AvgIpc) is 2.31. The third-order valence-electron chi connectivity index (χ3n) is 2.09. The molecule has 0 saturated heterocycles. The molecular weight excluding hydrogens is 233 g/mol. The Morgan fingerprint density at radius 3 is 3.25 bits per heavy atom. The van der Waals surface area contributed by atoms with Crippen molar-refractivity contribution in [2.24, 2.45) is 5.41 Å². The summed E-state index contributed by atoms with van der Waals surface area (Å²) in [5, 5.41) is 2.22. The van der Waals surface area contributed by atoms with Crippen molar-refractivity contribution in [3.05, 3.63) is 17.0 Å². The van der Waals surface area contributed by atoms with E-state index in [0.29, 0.717) is 20.6 Å². The van der Waals surface area contributed by atoms with Gasteiger partial charge in [-0.05, 0) is 0 Å². The summed E-state index contributed by atoms with van der Waals surface area (Å²) in [6, 6.07) is 2.29. The van der Waals surface area contributed by atoms with E-state index in [1.54, 1.807) is 9.34 Å². The molecule has 0 unspecified atom stereocenters. The van der Waals surface area contributed by atoms with Crippen molar-refractivity contribution in [1.82, 2.24) is 4.33 Å². The summed E-state index contributed by atoms with van der Waals surface area (Å²) in [5.74, 6) is 0. The van der Waals surface area contributed by atoms with Crippen LogP contribution in [0.2, 0.25) is 0 Å². The van der Waals surface area contributed by atoms with Crippen molar-refractivity contribution in [1.29, 1.82) is 0 Å². The summed E-state index contributed by atoms with van der Waals surface area (Å²) < 4.78 is 5.14. The summed E-state index contributed by atoms with van der Waals surface area (Å²) in [5.41, 5.74) is 2.02. The summed E-state index contributed by atoms with van der Waals surface area (Å²) in [6.07, 6.45) is 1.24. The molecule has 1 aliphatic heterocycles. The van der Waals surface area contributed by atoms with E-state index in [1.807, 2.05) is 11.3 Å². The van der Waals surface area contributed by atoms with Gasteiger partial charge in [0.25, 0.3) is 0 Å². The summed E-state index contributed by atoms with van der Waals surface area (Å²) >= 11 is 2.43. The summed E-state index contributed by atoms with van der Waals surface area (Å²) in [4.78, 5) is 0. The molecule has 1 nitrogen and oxygen atoms in total. The fraction of sp³-hybridized carbons (Fsp3) is 0.556. The molecule has 12 heavy (non-hydrogen) atoms. The van der Waals surface area contributed by atoms with Crippen LogP contribution in [0, 0.1) is 5.41 Å². The van der Waals surface area contributed by atoms with Crippen molar-refractivity contribution in [3.8, 4) is 0 Å². The van der Waals surface area contributed by atoms with E-state index in [0.717, 1.165) is 6.54 Å². The van der Waals surface area contributed by atoms with Gasteiger partial charge in [-0.2, -0.15) is 0 Å². The van der Waals surface area contributed by atoms with Crippen LogP contribution < -0.4 is 8.11 Å². The number of fused-ring (bicyclic) bond motifs is 1. The van der Waals surface area contributed by atoms with Crippen molar-refractivity contribution >= 4 is 30.3 Å². The molecule has 0 fully saturated rings. The molecular formula is C9H13NSSe. The van der Waals surface area contributed by atoms with Crippen LogP contribution in [0.4, 0.5) is 0 Å². The first-order valence-corrected chi connectivity index (χ1v) is 6.73. The van der Waals surface area contributed by atoms with E-state index in [2.05, 4.69) is 29.6 Å². The molecule has 2 rings (SSSR count). The maximum atomic E-state index is 3.55. The molecule has 1 N–H and O–H groups in total. The molecule has 0 aliphatic carbocycles. The predicted molar refractivity (Wildman–Crippen MR) is 55.2 cm³/mol. The Labute approximate surface area is 83.9 Å². The van der Waals surface area contributed by atoms with Crippen LogP contribution >= 0.6 is 11.3 Å². The standard InChI is InChI=1S/C9H13NSSe/c1-9(2)5-7-3-4-11-8(7)12-10-6-9/h3-4,10H,5-6H2,1-2H3. The molecule has 1 aromatic heterocycles. The van der Waals surface area contributed by atoms with Crippen molar-refractivity contribution in [3.63, 3.8) is 0 Å². The molecule has 0 spiro atoms. The number of rotatable bonds is 0. The van der Waals surface area contributed by atoms with Crippen LogP contribution in [0.3, 0.4) is 0 Å². The van der Waals surface area contributed by atoms with E-state index < -0.39 is 0 Å². The number of nitrogens with one attached hydrogen (secondary N) is 1. The van der Waals surface area contributed by atoms with Crippen LogP contribution in [0.5, 0.6) is 0 Å². The SMILES string of the molecule is CC1(C)CN[Se]c2sccc2C1. The predicted octanol–water partition coefficient (Wildman–Crippen LogP) is 1.16. The first kappa shape index (κ1) is 8.76. The van der Waals surface area contributed by atoms with Gasteiger partial charge >= 0.3 is 83.9 Å². The molecule has 0 amide bonds. The second-order valence-electron chi connectivity index (χ2n) is 4.00. The van der Waals surface area contributed by atoms with Gasteiger partial charge in [-0.3, -0.25) is 0 Å². The zero-order valence-electron chi connectivity index (χ0n) is 7.39. The molecule has 0 atom stereocenters. The Balaban J connectivity index is 2.30. The molecule has 0 aromatic carbocycles. The molecule has 66 valence electrons. The monoisotopic (exact) mass is 247 g/mol. The van der Waals surface area contributed by atoms with Gasteiger partial charge in [0, 0.05) is 0 Å². The summed E-state index contributed by atoms with van der Waals surface area (Å²) in [7, 11) is 0. The van der Waals surface area contributed by atoms with E-state index in [9.17, 15) is 0 Å². The van der Waals surface area contributed by atoms with E-state index in [-0.39, 0.29) is 0 Å². The topological polar surface area (TPSA) is 12.0 Å². The van der Waals surface area contributed by atoms with Gasteiger partial charge in [0.15, 0.2) is 0 Å². The maximum absolute atomic E-state index is 3.55. The van der Waals surface area contributed by atoms with Gasteiger partial charge < -0.3 is 0 Å². The number of hydrogen-bond donors (Lipinski definition) is 1. The zero-order chi connectivity index (χ0) is 8.60. The van der Waals surface area contributed by atoms with Crippen LogP contribution in [-0.2, 0) is 6.42 Å². The Morgan fingerprint density at radius 1 is 1.58 bits per heavy atom. The fourth-order valence-corrected chi connectivity index (χ4v) is 4.89. The van der Waals surface area contributed by atoms with Crippen molar-refractivity contribution in [2.45, 2.75) is 20.3 Å². The Morgan fingerprint density at radius 2 is 2.42 bits per heavy atom. The van der Waals surface area contributed by atoms with E-state index in [4.69, 9.17) is 0 Å². The van der Waals surface area contributed by atoms with E-state index >= 15 is 0 Å². The first-order valence-electron chi connectivity index (χ1n) is 4.13. The Hall–Kier alpha value is 0.179. The van der Waals surface area contributed by atoms with Crippen LogP contribution in [0.1, 0.15) is 19.4 Å².